The molecule has 0 bridgehead atoms. The van der Waals surface area contributed by atoms with Crippen molar-refractivity contribution in [1.82, 2.24) is 0 Å². The zero-order valence-corrected chi connectivity index (χ0v) is 30.4. The number of ether oxygens (including phenoxy) is 7. The zero-order chi connectivity index (χ0) is 43.3. The van der Waals surface area contributed by atoms with Gasteiger partial charge in [-0.25, -0.2) is 9.59 Å². The van der Waals surface area contributed by atoms with Crippen molar-refractivity contribution in [2.75, 3.05) is 39.6 Å². The van der Waals surface area contributed by atoms with E-state index in [1.807, 2.05) is 0 Å². The summed E-state index contributed by atoms with van der Waals surface area (Å²) >= 11 is 0. The van der Waals surface area contributed by atoms with Crippen molar-refractivity contribution < 1.29 is 97.1 Å². The lowest BCUT2D eigenvalue weighted by atomic mass is 10.1. The highest BCUT2D eigenvalue weighted by atomic mass is 17.0. The summed E-state index contributed by atoms with van der Waals surface area (Å²) in [6.45, 7) is 1.15. The van der Waals surface area contributed by atoms with Gasteiger partial charge >= 0.3 is 30.2 Å². The van der Waals surface area contributed by atoms with Gasteiger partial charge in [0.1, 0.15) is 43.8 Å². The van der Waals surface area contributed by atoms with Crippen LogP contribution in [0.4, 0.5) is 9.59 Å². The van der Waals surface area contributed by atoms with Gasteiger partial charge in [0.15, 0.2) is 0 Å². The second-order valence-corrected chi connectivity index (χ2v) is 10.8. The Morgan fingerprint density at radius 2 is 1.23 bits per heavy atom. The van der Waals surface area contributed by atoms with Gasteiger partial charge in [0, 0.05) is 13.8 Å². The van der Waals surface area contributed by atoms with Crippen molar-refractivity contribution in [3.63, 3.8) is 0 Å². The summed E-state index contributed by atoms with van der Waals surface area (Å²) in [4.78, 5) is 99.3. The van der Waals surface area contributed by atoms with Crippen LogP contribution < -0.4 is 11.5 Å². The summed E-state index contributed by atoms with van der Waals surface area (Å²) in [6.07, 6.45) is -5.96. The second kappa shape index (κ2) is 28.8. The Balaban J connectivity index is 0.00000116. The van der Waals surface area contributed by atoms with Crippen molar-refractivity contribution in [2.45, 2.75) is 76.7 Å². The maximum absolute atomic E-state index is 12.0. The quantitative estimate of drug-likeness (QED) is 0.0231. The third-order valence-corrected chi connectivity index (χ3v) is 6.09. The van der Waals surface area contributed by atoms with Crippen molar-refractivity contribution >= 4 is 30.2 Å². The number of aliphatic carboxylic acids is 1. The fraction of sp³-hybridized carbons (Fsp3) is 0.621. The van der Waals surface area contributed by atoms with Crippen molar-refractivity contribution in [3.8, 4) is 5.75 Å². The van der Waals surface area contributed by atoms with E-state index < -0.39 is 89.3 Å². The number of nitrogens with two attached hydrogens (primary N) is 2. The van der Waals surface area contributed by atoms with E-state index >= 15 is 0 Å². The van der Waals surface area contributed by atoms with Crippen LogP contribution in [0.2, 0.25) is 0 Å². The maximum Gasteiger partial charge on any atom is 0.511 e. The Hall–Kier alpha value is -6.55. The fourth-order valence-corrected chi connectivity index (χ4v) is 3.65. The number of carboxylic acid groups (broad SMARTS) is 1. The molecule has 322 valence electrons. The molecule has 0 aliphatic carbocycles. The summed E-state index contributed by atoms with van der Waals surface area (Å²) in [7, 11) is 0. The first-order valence-electron chi connectivity index (χ1n) is 16.3. The molecule has 57 heavy (non-hydrogen) atoms. The number of benzene rings is 1. The minimum atomic E-state index is -1.39. The summed E-state index contributed by atoms with van der Waals surface area (Å²) in [5.74, 6) is -3.07. The van der Waals surface area contributed by atoms with E-state index in [1.54, 1.807) is 12.1 Å². The summed E-state index contributed by atoms with van der Waals surface area (Å²) in [5.41, 5.74) is 11.7. The molecule has 1 rings (SSSR count). The molecule has 0 radical (unpaired) electrons. The predicted molar refractivity (Wildman–Crippen MR) is 178 cm³/mol. The third-order valence-electron chi connectivity index (χ3n) is 6.09. The molecular weight excluding hydrogens is 786 g/mol. The number of phenols is 1. The number of carbonyl (C=O) groups is 5. The van der Waals surface area contributed by atoms with Gasteiger partial charge in [-0.15, -0.1) is 30.3 Å². The Morgan fingerprint density at radius 1 is 0.702 bits per heavy atom. The molecule has 6 N–H and O–H groups in total. The smallest absolute Gasteiger partial charge is 0.508 e. The maximum atomic E-state index is 12.0. The number of carboxylic acids is 1. The van der Waals surface area contributed by atoms with Gasteiger partial charge in [0.25, 0.3) is 15.3 Å². The number of esters is 2. The van der Waals surface area contributed by atoms with Gasteiger partial charge in [0.2, 0.25) is 12.6 Å². The Bertz CT molecular complexity index is 1430. The SMILES string of the molecule is CC(OC(=O)OCCCCC(CO[N+](=O)[O-])O[N+](=O)[O-])OC(=O)C(N)Cc1ccc(O)cc1.CC(OC(=O)OCCOCCO[N+](=O)[O-])OC(=O)C(N)CC(=O)O. The number of phenolic OH excluding ortho intramolecular Hbond substituents is 1. The molecule has 28 nitrogen and oxygen atoms in total. The number of nitrogens with zero attached hydrogens (tertiary/aromatic N) is 3. The van der Waals surface area contributed by atoms with E-state index in [9.17, 15) is 59.4 Å². The molecule has 0 heterocycles. The van der Waals surface area contributed by atoms with Crippen LogP contribution in [0.3, 0.4) is 0 Å². The molecule has 1 aromatic rings. The highest BCUT2D eigenvalue weighted by Crippen LogP contribution is 2.12. The highest BCUT2D eigenvalue weighted by Gasteiger charge is 2.23. The molecule has 5 atom stereocenters. The van der Waals surface area contributed by atoms with Crippen LogP contribution >= 0.6 is 0 Å². The molecule has 0 aliphatic heterocycles. The third kappa shape index (κ3) is 28.5. The first-order chi connectivity index (χ1) is 26.8. The van der Waals surface area contributed by atoms with Crippen LogP contribution in [0.1, 0.15) is 45.1 Å². The predicted octanol–water partition coefficient (Wildman–Crippen LogP) is 0.316. The standard InChI is InChI=1S/C18H25N3O12.C11H18N2O11/c1-12(31-17(23)16(19)10-13-5-7-14(22)8-6-13)32-18(24)29-9-3-2-4-15(33-21(27)28)11-30-20(25)26;1-7(23-10(16)8(12)6-9(14)15)24-11(17)21-4-2-20-3-5-22-13(18)19/h5-8,12,15-16,22H,2-4,9-11,19H2,1H3;7-8H,2-6,12H2,1H3,(H,14,15). The van der Waals surface area contributed by atoms with Crippen molar-refractivity contribution in [1.29, 1.82) is 0 Å². The largest absolute Gasteiger partial charge is 0.511 e. The molecule has 0 spiro atoms. The molecular formula is C29H43N5O23. The van der Waals surface area contributed by atoms with Crippen LogP contribution in [0, 0.1) is 30.3 Å². The monoisotopic (exact) mass is 829 g/mol. The Labute approximate surface area is 321 Å². The van der Waals surface area contributed by atoms with Gasteiger partial charge in [-0.1, -0.05) is 12.1 Å². The molecule has 28 heteroatoms. The van der Waals surface area contributed by atoms with Gasteiger partial charge in [-0.05, 0) is 43.4 Å². The molecule has 0 saturated carbocycles. The lowest BCUT2D eigenvalue weighted by Crippen LogP contribution is -2.37. The minimum absolute atomic E-state index is 0.0418. The normalized spacial score (nSPS) is 12.9. The van der Waals surface area contributed by atoms with Gasteiger partial charge in [-0.3, -0.25) is 14.4 Å². The first-order valence-corrected chi connectivity index (χ1v) is 16.3. The van der Waals surface area contributed by atoms with Crippen LogP contribution in [0.15, 0.2) is 24.3 Å². The molecule has 0 fully saturated rings. The molecule has 5 unspecified atom stereocenters. The van der Waals surface area contributed by atoms with Gasteiger partial charge in [0.05, 0.1) is 26.2 Å². The van der Waals surface area contributed by atoms with Crippen LogP contribution in [-0.4, -0.2) is 126 Å². The molecule has 0 aromatic heterocycles. The second-order valence-electron chi connectivity index (χ2n) is 10.8. The molecule has 0 amide bonds. The fourth-order valence-electron chi connectivity index (χ4n) is 3.65. The minimum Gasteiger partial charge on any atom is -0.508 e. The number of unbranched alkanes of at least 4 members (excludes halogenated alkanes) is 1. The van der Waals surface area contributed by atoms with E-state index in [-0.39, 0.29) is 64.5 Å². The summed E-state index contributed by atoms with van der Waals surface area (Å²) in [6, 6.07) is 3.68. The summed E-state index contributed by atoms with van der Waals surface area (Å²) < 4.78 is 33.1. The topological polar surface area (TPSA) is 400 Å². The number of hydrogen-bond donors (Lipinski definition) is 4. The van der Waals surface area contributed by atoms with Crippen molar-refractivity contribution in [3.05, 3.63) is 60.2 Å². The highest BCUT2D eigenvalue weighted by molar-refractivity contribution is 5.81. The molecule has 0 aliphatic rings. The average Bonchev–Trinajstić information content (AvgIpc) is 3.10. The number of carbonyl (C=O) groups excluding carboxylic acids is 4. The zero-order valence-electron chi connectivity index (χ0n) is 30.4. The van der Waals surface area contributed by atoms with E-state index in [2.05, 4.69) is 28.7 Å². The summed E-state index contributed by atoms with van der Waals surface area (Å²) in [5, 5.41) is 44.9. The lowest BCUT2D eigenvalue weighted by Gasteiger charge is -2.17. The first kappa shape index (κ1) is 50.4. The van der Waals surface area contributed by atoms with Crippen LogP contribution in [-0.2, 0) is 68.5 Å². The van der Waals surface area contributed by atoms with Crippen molar-refractivity contribution in [2.24, 2.45) is 11.5 Å². The van der Waals surface area contributed by atoms with Gasteiger partial charge < -0.3 is 69.4 Å². The van der Waals surface area contributed by atoms with Gasteiger partial charge in [-0.2, -0.15) is 0 Å². The van der Waals surface area contributed by atoms with E-state index in [0.29, 0.717) is 5.56 Å². The van der Waals surface area contributed by atoms with Crippen LogP contribution in [0.25, 0.3) is 0 Å². The van der Waals surface area contributed by atoms with E-state index in [1.165, 1.54) is 26.0 Å². The number of aromatic hydroxyl groups is 1. The van der Waals surface area contributed by atoms with E-state index in [4.69, 9.17) is 35.5 Å². The average molecular weight is 830 g/mol. The molecule has 0 saturated heterocycles. The lowest BCUT2D eigenvalue weighted by molar-refractivity contribution is -0.790. The Morgan fingerprint density at radius 3 is 1.75 bits per heavy atom. The van der Waals surface area contributed by atoms with E-state index in [0.717, 1.165) is 0 Å². The molecule has 1 aromatic carbocycles. The Kier molecular flexibility index (Phi) is 25.5. The number of rotatable bonds is 27. The van der Waals surface area contributed by atoms with Crippen LogP contribution in [0.5, 0.6) is 5.75 Å². The number of hydrogen-bond acceptors (Lipinski definition) is 24.